The number of carbonyl (C=O) groups excluding carboxylic acids is 1. The largest absolute Gasteiger partial charge is 0.326 e. The number of nitrogens with one attached hydrogen (secondary N) is 2. The van der Waals surface area contributed by atoms with E-state index >= 15 is 0 Å². The average molecular weight is 424 g/mol. The SMILES string of the molecule is Cc1cccc(NC(=NCc2c(C)nn(C)c2C)NC(=O)c2ccc(Cl)cc2)c1C. The summed E-state index contributed by atoms with van der Waals surface area (Å²) in [6.45, 7) is 8.45. The molecule has 7 heteroatoms. The van der Waals surface area contributed by atoms with E-state index in [9.17, 15) is 4.79 Å². The molecule has 30 heavy (non-hydrogen) atoms. The zero-order valence-electron chi connectivity index (χ0n) is 17.9. The molecule has 0 bridgehead atoms. The number of carbonyl (C=O) groups is 1. The lowest BCUT2D eigenvalue weighted by Gasteiger charge is -2.15. The summed E-state index contributed by atoms with van der Waals surface area (Å²) >= 11 is 5.94. The normalized spacial score (nSPS) is 11.5. The molecule has 2 N–H and O–H groups in total. The number of guanidine groups is 1. The molecule has 0 atom stereocenters. The smallest absolute Gasteiger partial charge is 0.257 e. The number of hydrogen-bond donors (Lipinski definition) is 2. The summed E-state index contributed by atoms with van der Waals surface area (Å²) in [6.07, 6.45) is 0. The van der Waals surface area contributed by atoms with Gasteiger partial charge in [-0.3, -0.25) is 14.8 Å². The van der Waals surface area contributed by atoms with E-state index in [0.717, 1.165) is 33.8 Å². The van der Waals surface area contributed by atoms with E-state index in [-0.39, 0.29) is 5.91 Å². The van der Waals surface area contributed by atoms with Crippen LogP contribution in [-0.4, -0.2) is 21.6 Å². The van der Waals surface area contributed by atoms with Gasteiger partial charge in [0.2, 0.25) is 5.96 Å². The summed E-state index contributed by atoms with van der Waals surface area (Å²) in [5.41, 5.74) is 6.66. The number of benzene rings is 2. The van der Waals surface area contributed by atoms with Crippen LogP contribution in [0.2, 0.25) is 5.02 Å². The summed E-state index contributed by atoms with van der Waals surface area (Å²) in [4.78, 5) is 17.4. The van der Waals surface area contributed by atoms with Crippen molar-refractivity contribution in [1.82, 2.24) is 15.1 Å². The molecule has 0 saturated heterocycles. The van der Waals surface area contributed by atoms with Crippen molar-refractivity contribution in [3.63, 3.8) is 0 Å². The van der Waals surface area contributed by atoms with E-state index in [1.165, 1.54) is 0 Å². The molecule has 1 amide bonds. The predicted molar refractivity (Wildman–Crippen MR) is 122 cm³/mol. The maximum Gasteiger partial charge on any atom is 0.257 e. The fourth-order valence-electron chi connectivity index (χ4n) is 3.11. The number of aliphatic imine (C=N–C) groups is 1. The van der Waals surface area contributed by atoms with Gasteiger partial charge < -0.3 is 5.32 Å². The van der Waals surface area contributed by atoms with Crippen molar-refractivity contribution in [3.8, 4) is 0 Å². The molecule has 0 saturated carbocycles. The molecule has 0 aliphatic carbocycles. The second-order valence-corrected chi connectivity index (χ2v) is 7.71. The second-order valence-electron chi connectivity index (χ2n) is 7.27. The first-order valence-electron chi connectivity index (χ1n) is 9.70. The molecule has 0 radical (unpaired) electrons. The Kier molecular flexibility index (Phi) is 6.57. The first-order chi connectivity index (χ1) is 14.3. The van der Waals surface area contributed by atoms with Crippen molar-refractivity contribution in [1.29, 1.82) is 0 Å². The zero-order valence-corrected chi connectivity index (χ0v) is 18.6. The van der Waals surface area contributed by atoms with Crippen LogP contribution in [0.15, 0.2) is 47.5 Å². The molecular formula is C23H26ClN5O. The minimum Gasteiger partial charge on any atom is -0.326 e. The Morgan fingerprint density at radius 2 is 1.80 bits per heavy atom. The Bertz CT molecular complexity index is 1100. The highest BCUT2D eigenvalue weighted by atomic mass is 35.5. The van der Waals surface area contributed by atoms with Crippen LogP contribution in [0.4, 0.5) is 5.69 Å². The van der Waals surface area contributed by atoms with Crippen LogP contribution in [0.5, 0.6) is 0 Å². The van der Waals surface area contributed by atoms with Gasteiger partial charge in [-0.1, -0.05) is 23.7 Å². The van der Waals surface area contributed by atoms with Crippen molar-refractivity contribution in [2.45, 2.75) is 34.2 Å². The van der Waals surface area contributed by atoms with E-state index in [2.05, 4.69) is 20.7 Å². The molecule has 1 heterocycles. The van der Waals surface area contributed by atoms with Crippen LogP contribution < -0.4 is 10.6 Å². The van der Waals surface area contributed by atoms with Crippen LogP contribution in [-0.2, 0) is 13.6 Å². The van der Waals surface area contributed by atoms with Crippen LogP contribution in [0.1, 0.15) is 38.4 Å². The molecule has 156 valence electrons. The van der Waals surface area contributed by atoms with Gasteiger partial charge >= 0.3 is 0 Å². The van der Waals surface area contributed by atoms with Gasteiger partial charge in [0.1, 0.15) is 0 Å². The Morgan fingerprint density at radius 1 is 1.10 bits per heavy atom. The minimum atomic E-state index is -0.261. The molecule has 0 spiro atoms. The summed E-state index contributed by atoms with van der Waals surface area (Å²) in [5, 5.41) is 11.2. The summed E-state index contributed by atoms with van der Waals surface area (Å²) in [6, 6.07) is 12.7. The quantitative estimate of drug-likeness (QED) is 0.471. The van der Waals surface area contributed by atoms with Crippen LogP contribution >= 0.6 is 11.6 Å². The molecule has 2 aromatic carbocycles. The van der Waals surface area contributed by atoms with Crippen molar-refractivity contribution in [2.75, 3.05) is 5.32 Å². The van der Waals surface area contributed by atoms with Gasteiger partial charge in [0.15, 0.2) is 0 Å². The lowest BCUT2D eigenvalue weighted by atomic mass is 10.1. The number of nitrogens with zero attached hydrogens (tertiary/aromatic N) is 3. The number of aryl methyl sites for hydroxylation is 3. The molecule has 3 aromatic rings. The minimum absolute atomic E-state index is 0.261. The van der Waals surface area contributed by atoms with Gasteiger partial charge in [-0.05, 0) is 69.2 Å². The molecule has 0 aliphatic heterocycles. The first-order valence-corrected chi connectivity index (χ1v) is 10.1. The zero-order chi connectivity index (χ0) is 21.8. The van der Waals surface area contributed by atoms with E-state index < -0.39 is 0 Å². The highest BCUT2D eigenvalue weighted by molar-refractivity contribution is 6.30. The van der Waals surface area contributed by atoms with Crippen molar-refractivity contribution < 1.29 is 4.79 Å². The Balaban J connectivity index is 1.90. The lowest BCUT2D eigenvalue weighted by molar-refractivity contribution is 0.0977. The van der Waals surface area contributed by atoms with Crippen molar-refractivity contribution >= 4 is 29.2 Å². The monoisotopic (exact) mass is 423 g/mol. The Labute approximate surface area is 182 Å². The highest BCUT2D eigenvalue weighted by Gasteiger charge is 2.13. The summed E-state index contributed by atoms with van der Waals surface area (Å²) < 4.78 is 1.84. The molecule has 6 nitrogen and oxygen atoms in total. The number of amides is 1. The van der Waals surface area contributed by atoms with E-state index in [1.807, 2.05) is 57.6 Å². The van der Waals surface area contributed by atoms with Crippen LogP contribution in [0, 0.1) is 27.7 Å². The maximum atomic E-state index is 12.8. The van der Waals surface area contributed by atoms with E-state index in [1.54, 1.807) is 24.3 Å². The summed E-state index contributed by atoms with van der Waals surface area (Å²) in [7, 11) is 1.91. The standard InChI is InChI=1S/C23H26ClN5O/c1-14-7-6-8-21(15(14)2)26-23(25-13-20-16(3)28-29(5)17(20)4)27-22(30)18-9-11-19(24)12-10-18/h6-12H,13H2,1-5H3,(H2,25,26,27,30). The van der Waals surface area contributed by atoms with Gasteiger partial charge in [0.05, 0.1) is 12.2 Å². The van der Waals surface area contributed by atoms with Gasteiger partial charge in [-0.2, -0.15) is 5.10 Å². The first kappa shape index (κ1) is 21.6. The number of aromatic nitrogens is 2. The van der Waals surface area contributed by atoms with Gasteiger partial charge in [-0.25, -0.2) is 4.99 Å². The molecule has 1 aromatic heterocycles. The molecule has 0 unspecified atom stereocenters. The fourth-order valence-corrected chi connectivity index (χ4v) is 3.24. The van der Waals surface area contributed by atoms with Crippen molar-refractivity contribution in [2.24, 2.45) is 12.0 Å². The van der Waals surface area contributed by atoms with Crippen LogP contribution in [0.3, 0.4) is 0 Å². The molecular weight excluding hydrogens is 398 g/mol. The maximum absolute atomic E-state index is 12.8. The lowest BCUT2D eigenvalue weighted by Crippen LogP contribution is -2.36. The molecule has 3 rings (SSSR count). The second kappa shape index (κ2) is 9.13. The molecule has 0 fully saturated rings. The third kappa shape index (κ3) is 4.89. The van der Waals surface area contributed by atoms with Gasteiger partial charge in [0, 0.05) is 34.6 Å². The predicted octanol–water partition coefficient (Wildman–Crippen LogP) is 4.71. The number of halogens is 1. The highest BCUT2D eigenvalue weighted by Crippen LogP contribution is 2.19. The topological polar surface area (TPSA) is 71.3 Å². The number of anilines is 1. The average Bonchev–Trinajstić information content (AvgIpc) is 2.95. The van der Waals surface area contributed by atoms with Crippen LogP contribution in [0.25, 0.3) is 0 Å². The summed E-state index contributed by atoms with van der Waals surface area (Å²) in [5.74, 6) is 0.120. The fraction of sp³-hybridized carbons (Fsp3) is 0.261. The Morgan fingerprint density at radius 3 is 2.43 bits per heavy atom. The third-order valence-corrected chi connectivity index (χ3v) is 5.50. The van der Waals surface area contributed by atoms with E-state index in [0.29, 0.717) is 23.1 Å². The van der Waals surface area contributed by atoms with Gasteiger partial charge in [0.25, 0.3) is 5.91 Å². The van der Waals surface area contributed by atoms with E-state index in [4.69, 9.17) is 11.6 Å². The number of hydrogen-bond acceptors (Lipinski definition) is 3. The number of rotatable bonds is 4. The molecule has 0 aliphatic rings. The van der Waals surface area contributed by atoms with Crippen molar-refractivity contribution in [3.05, 3.63) is 81.1 Å². The van der Waals surface area contributed by atoms with Gasteiger partial charge in [-0.15, -0.1) is 0 Å². The third-order valence-electron chi connectivity index (χ3n) is 5.25. The Hall–Kier alpha value is -3.12.